The number of hydrogen-bond donors (Lipinski definition) is 0. The van der Waals surface area contributed by atoms with Crippen LogP contribution >= 0.6 is 0 Å². The van der Waals surface area contributed by atoms with Gasteiger partial charge in [-0.15, -0.1) is 0 Å². The second kappa shape index (κ2) is 10.4. The molecule has 0 spiro atoms. The van der Waals surface area contributed by atoms with Gasteiger partial charge in [-0.25, -0.2) is 0 Å². The number of para-hydroxylation sites is 1. The normalized spacial score (nSPS) is 12.0. The molecule has 0 aliphatic carbocycles. The largest absolute Gasteiger partial charge is 0.456 e. The number of benzene rings is 9. The average molecular weight is 637 g/mol. The molecular weight excluding hydrogens is 609 g/mol. The summed E-state index contributed by atoms with van der Waals surface area (Å²) in [6.45, 7) is 0. The van der Waals surface area contributed by atoms with E-state index in [0.717, 1.165) is 55.0 Å². The quantitative estimate of drug-likeness (QED) is 0.180. The third-order valence-electron chi connectivity index (χ3n) is 10.5. The van der Waals surface area contributed by atoms with Crippen LogP contribution in [0.25, 0.3) is 110 Å². The molecule has 0 saturated carbocycles. The van der Waals surface area contributed by atoms with Crippen molar-refractivity contribution in [2.75, 3.05) is 0 Å². The standard InChI is InChI=1S/C48H28O2/c1-2-15-33-29(11-1)12-10-21-35(33)46-38-18-5-3-16-36(38)45(37-17-4-6-19-39(37)46)32-14-9-13-30(27-32)31-23-24-34-40-25-26-43-47(48(40)50-44(34)28-31)41-20-7-8-22-42(41)49-43/h1-28H. The van der Waals surface area contributed by atoms with E-state index in [4.69, 9.17) is 8.83 Å². The van der Waals surface area contributed by atoms with Crippen molar-refractivity contribution in [3.05, 3.63) is 170 Å². The minimum Gasteiger partial charge on any atom is -0.456 e. The Hall–Kier alpha value is -6.64. The monoisotopic (exact) mass is 636 g/mol. The molecule has 0 radical (unpaired) electrons. The molecule has 2 aromatic heterocycles. The lowest BCUT2D eigenvalue weighted by atomic mass is 9.84. The van der Waals surface area contributed by atoms with Gasteiger partial charge in [0.15, 0.2) is 0 Å². The molecule has 11 rings (SSSR count). The first kappa shape index (κ1) is 27.3. The smallest absolute Gasteiger partial charge is 0.147 e. The summed E-state index contributed by atoms with van der Waals surface area (Å²) in [5.74, 6) is 0. The zero-order valence-corrected chi connectivity index (χ0v) is 27.0. The maximum Gasteiger partial charge on any atom is 0.147 e. The summed E-state index contributed by atoms with van der Waals surface area (Å²) in [4.78, 5) is 0. The van der Waals surface area contributed by atoms with Gasteiger partial charge in [0.05, 0.1) is 5.39 Å². The molecule has 0 aliphatic rings. The van der Waals surface area contributed by atoms with Gasteiger partial charge >= 0.3 is 0 Å². The van der Waals surface area contributed by atoms with E-state index < -0.39 is 0 Å². The Balaban J connectivity index is 1.12. The van der Waals surface area contributed by atoms with E-state index in [1.807, 2.05) is 18.2 Å². The van der Waals surface area contributed by atoms with E-state index in [-0.39, 0.29) is 0 Å². The number of furan rings is 2. The van der Waals surface area contributed by atoms with Crippen LogP contribution < -0.4 is 0 Å². The molecule has 0 bridgehead atoms. The van der Waals surface area contributed by atoms with Crippen molar-refractivity contribution < 1.29 is 8.83 Å². The fourth-order valence-electron chi connectivity index (χ4n) is 8.25. The van der Waals surface area contributed by atoms with Gasteiger partial charge in [0.25, 0.3) is 0 Å². The van der Waals surface area contributed by atoms with Crippen LogP contribution in [0.3, 0.4) is 0 Å². The highest BCUT2D eigenvalue weighted by Gasteiger charge is 2.19. The Morgan fingerprint density at radius 2 is 0.900 bits per heavy atom. The topological polar surface area (TPSA) is 26.3 Å². The highest BCUT2D eigenvalue weighted by Crippen LogP contribution is 2.46. The van der Waals surface area contributed by atoms with Crippen molar-refractivity contribution in [2.45, 2.75) is 0 Å². The van der Waals surface area contributed by atoms with Crippen molar-refractivity contribution in [3.63, 3.8) is 0 Å². The van der Waals surface area contributed by atoms with Crippen molar-refractivity contribution in [2.24, 2.45) is 0 Å². The molecule has 50 heavy (non-hydrogen) atoms. The summed E-state index contributed by atoms with van der Waals surface area (Å²) in [5.41, 5.74) is 10.7. The highest BCUT2D eigenvalue weighted by atomic mass is 16.3. The van der Waals surface area contributed by atoms with E-state index >= 15 is 0 Å². The second-order valence-corrected chi connectivity index (χ2v) is 13.2. The molecule has 2 heteroatoms. The van der Waals surface area contributed by atoms with Gasteiger partial charge in [0.2, 0.25) is 0 Å². The summed E-state index contributed by atoms with van der Waals surface area (Å²) in [5, 5.41) is 11.8. The van der Waals surface area contributed by atoms with Gasteiger partial charge in [-0.2, -0.15) is 0 Å². The molecule has 2 nitrogen and oxygen atoms in total. The zero-order valence-electron chi connectivity index (χ0n) is 27.0. The third kappa shape index (κ3) is 3.90. The number of fused-ring (bicyclic) bond motifs is 10. The summed E-state index contributed by atoms with van der Waals surface area (Å²) < 4.78 is 12.8. The van der Waals surface area contributed by atoms with E-state index in [9.17, 15) is 0 Å². The molecule has 0 N–H and O–H groups in total. The average Bonchev–Trinajstić information content (AvgIpc) is 3.75. The Bertz CT molecular complexity index is 3090. The maximum atomic E-state index is 6.65. The van der Waals surface area contributed by atoms with Crippen molar-refractivity contribution in [3.8, 4) is 33.4 Å². The summed E-state index contributed by atoms with van der Waals surface area (Å²) >= 11 is 0. The van der Waals surface area contributed by atoms with Crippen molar-refractivity contribution in [1.82, 2.24) is 0 Å². The molecular formula is C48H28O2. The van der Waals surface area contributed by atoms with E-state index in [1.54, 1.807) is 0 Å². The molecule has 0 fully saturated rings. The summed E-state index contributed by atoms with van der Waals surface area (Å²) in [6, 6.07) is 61.0. The van der Waals surface area contributed by atoms with E-state index in [2.05, 4.69) is 152 Å². The SMILES string of the molecule is c1cc(-c2ccc3c(c2)oc2c3ccc3oc4ccccc4c32)cc(-c2c3ccccc3c(-c3cccc4ccccc34)c3ccccc23)c1. The molecule has 232 valence electrons. The van der Waals surface area contributed by atoms with Crippen LogP contribution in [0, 0.1) is 0 Å². The predicted octanol–water partition coefficient (Wildman–Crippen LogP) is 13.9. The van der Waals surface area contributed by atoms with Crippen LogP contribution in [-0.2, 0) is 0 Å². The van der Waals surface area contributed by atoms with Crippen molar-refractivity contribution in [1.29, 1.82) is 0 Å². The van der Waals surface area contributed by atoms with Gasteiger partial charge in [0, 0.05) is 16.2 Å². The minimum absolute atomic E-state index is 0.844. The van der Waals surface area contributed by atoms with E-state index in [0.29, 0.717) is 0 Å². The Morgan fingerprint density at radius 1 is 0.300 bits per heavy atom. The van der Waals surface area contributed by atoms with Crippen LogP contribution in [0.1, 0.15) is 0 Å². The Labute approximate surface area is 287 Å². The summed E-state index contributed by atoms with van der Waals surface area (Å²) in [7, 11) is 0. The van der Waals surface area contributed by atoms with Crippen molar-refractivity contribution >= 4 is 76.2 Å². The molecule has 11 aromatic rings. The van der Waals surface area contributed by atoms with E-state index in [1.165, 1.54) is 54.6 Å². The molecule has 0 unspecified atom stereocenters. The first-order valence-corrected chi connectivity index (χ1v) is 17.1. The fourth-order valence-corrected chi connectivity index (χ4v) is 8.25. The lowest BCUT2D eigenvalue weighted by molar-refractivity contribution is 0.663. The van der Waals surface area contributed by atoms with Gasteiger partial charge < -0.3 is 8.83 Å². The number of hydrogen-bond acceptors (Lipinski definition) is 2. The highest BCUT2D eigenvalue weighted by molar-refractivity contribution is 6.24. The molecule has 0 aliphatic heterocycles. The van der Waals surface area contributed by atoms with Gasteiger partial charge in [-0.3, -0.25) is 0 Å². The number of rotatable bonds is 3. The van der Waals surface area contributed by atoms with Crippen LogP contribution in [0.15, 0.2) is 179 Å². The van der Waals surface area contributed by atoms with Crippen LogP contribution in [-0.4, -0.2) is 0 Å². The summed E-state index contributed by atoms with van der Waals surface area (Å²) in [6.07, 6.45) is 0. The van der Waals surface area contributed by atoms with Gasteiger partial charge in [-0.1, -0.05) is 133 Å². The molecule has 9 aromatic carbocycles. The fraction of sp³-hybridized carbons (Fsp3) is 0. The lowest BCUT2D eigenvalue weighted by Crippen LogP contribution is -1.92. The first-order chi connectivity index (χ1) is 24.8. The maximum absolute atomic E-state index is 6.65. The third-order valence-corrected chi connectivity index (χ3v) is 10.5. The Morgan fingerprint density at radius 3 is 1.70 bits per heavy atom. The zero-order chi connectivity index (χ0) is 32.8. The van der Waals surface area contributed by atoms with Crippen LogP contribution in [0.2, 0.25) is 0 Å². The first-order valence-electron chi connectivity index (χ1n) is 17.1. The minimum atomic E-state index is 0.844. The molecule has 2 heterocycles. The van der Waals surface area contributed by atoms with Gasteiger partial charge in [0.1, 0.15) is 22.3 Å². The Kier molecular flexibility index (Phi) is 5.70. The van der Waals surface area contributed by atoms with Crippen LogP contribution in [0.5, 0.6) is 0 Å². The van der Waals surface area contributed by atoms with Gasteiger partial charge in [-0.05, 0) is 102 Å². The molecule has 0 atom stereocenters. The second-order valence-electron chi connectivity index (χ2n) is 13.2. The molecule has 0 amide bonds. The molecule has 0 saturated heterocycles. The van der Waals surface area contributed by atoms with Crippen LogP contribution in [0.4, 0.5) is 0 Å². The lowest BCUT2D eigenvalue weighted by Gasteiger charge is -2.19. The predicted molar refractivity (Wildman–Crippen MR) is 210 cm³/mol.